The summed E-state index contributed by atoms with van der Waals surface area (Å²) in [5.74, 6) is 0.533. The summed E-state index contributed by atoms with van der Waals surface area (Å²) < 4.78 is 5.19. The van der Waals surface area contributed by atoms with Gasteiger partial charge in [-0.2, -0.15) is 0 Å². The molecular formula is C46H51BN5O5. The number of fused-ring (bicyclic) bond motifs is 1. The standard InChI is InChI=1S/C46H51BN5O5/c1-2-40(33-6-4-3-5-7-33)44(35-10-15-39(16-11-35)57-47-56)34-8-12-37(13-9-34)51-28-26-49(27-29-51)23-20-32-21-24-50(25-22-32)38-14-17-41-36(30-38)31-52(46(41)55)42-18-19-43(53)48-45(42)54/h3-17,30,32,42,56H,2,18-29,31H2,1H3,(H,48,53,54)/b44-40+. The van der Waals surface area contributed by atoms with Crippen molar-refractivity contribution in [3.8, 4) is 5.75 Å². The summed E-state index contributed by atoms with van der Waals surface area (Å²) in [6, 6.07) is 33.0. The first kappa shape index (κ1) is 38.5. The number of carbonyl (C=O) groups is 3. The Hall–Kier alpha value is -5.39. The largest absolute Gasteiger partial charge is 0.569 e. The van der Waals surface area contributed by atoms with Gasteiger partial charge in [0.15, 0.2) is 0 Å². The van der Waals surface area contributed by atoms with Crippen molar-refractivity contribution in [1.29, 1.82) is 0 Å². The summed E-state index contributed by atoms with van der Waals surface area (Å²) in [6.45, 7) is 9.89. The average molecular weight is 765 g/mol. The van der Waals surface area contributed by atoms with Crippen LogP contribution in [-0.4, -0.2) is 92.1 Å². The van der Waals surface area contributed by atoms with E-state index in [9.17, 15) is 14.4 Å². The third kappa shape index (κ3) is 8.50. The first-order valence-corrected chi connectivity index (χ1v) is 20.5. The maximum atomic E-state index is 13.2. The Kier molecular flexibility index (Phi) is 11.8. The Morgan fingerprint density at radius 2 is 1.44 bits per heavy atom. The molecule has 3 amide bonds. The van der Waals surface area contributed by atoms with Crippen molar-refractivity contribution in [3.63, 3.8) is 0 Å². The van der Waals surface area contributed by atoms with Gasteiger partial charge in [-0.1, -0.05) is 61.5 Å². The number of piperidine rings is 2. The summed E-state index contributed by atoms with van der Waals surface area (Å²) in [4.78, 5) is 46.4. The Morgan fingerprint density at radius 1 is 0.772 bits per heavy atom. The monoisotopic (exact) mass is 764 g/mol. The molecule has 4 heterocycles. The fourth-order valence-corrected chi connectivity index (χ4v) is 9.11. The molecule has 293 valence electrons. The van der Waals surface area contributed by atoms with Crippen molar-refractivity contribution >= 4 is 47.9 Å². The van der Waals surface area contributed by atoms with Crippen LogP contribution in [0, 0.1) is 5.92 Å². The van der Waals surface area contributed by atoms with Gasteiger partial charge in [-0.25, -0.2) is 0 Å². The van der Waals surface area contributed by atoms with Gasteiger partial charge in [0.25, 0.3) is 5.91 Å². The van der Waals surface area contributed by atoms with Crippen LogP contribution in [-0.2, 0) is 16.1 Å². The Bertz CT molecular complexity index is 2090. The van der Waals surface area contributed by atoms with Crippen molar-refractivity contribution in [2.24, 2.45) is 5.92 Å². The molecule has 1 unspecified atom stereocenters. The van der Waals surface area contributed by atoms with Crippen LogP contribution in [0.3, 0.4) is 0 Å². The van der Waals surface area contributed by atoms with E-state index in [0.717, 1.165) is 81.9 Å². The zero-order chi connectivity index (χ0) is 39.3. The molecular weight excluding hydrogens is 713 g/mol. The van der Waals surface area contributed by atoms with Crippen LogP contribution >= 0.6 is 0 Å². The topological polar surface area (TPSA) is 106 Å². The van der Waals surface area contributed by atoms with Crippen LogP contribution < -0.4 is 19.8 Å². The Morgan fingerprint density at radius 3 is 2.11 bits per heavy atom. The maximum absolute atomic E-state index is 13.2. The lowest BCUT2D eigenvalue weighted by Crippen LogP contribution is -2.52. The first-order chi connectivity index (χ1) is 27.9. The molecule has 8 rings (SSSR count). The van der Waals surface area contributed by atoms with E-state index in [0.29, 0.717) is 37.9 Å². The van der Waals surface area contributed by atoms with Gasteiger partial charge in [-0.15, -0.1) is 0 Å². The molecule has 11 heteroatoms. The number of anilines is 2. The molecule has 1 radical (unpaired) electrons. The van der Waals surface area contributed by atoms with E-state index >= 15 is 0 Å². The SMILES string of the molecule is CC/C(=C(\c1ccc(O[B]O)cc1)c1ccc(N2CCN(CCC3CCN(c4ccc5c(c4)CN(C4CCC(=O)NC4=O)C5=O)CC3)CC2)cc1)c1ccccc1. The third-order valence-corrected chi connectivity index (χ3v) is 12.3. The smallest absolute Gasteiger partial charge is 0.537 e. The number of piperazine rings is 1. The van der Waals surface area contributed by atoms with Crippen molar-refractivity contribution in [2.75, 3.05) is 55.6 Å². The molecule has 0 bridgehead atoms. The van der Waals surface area contributed by atoms with E-state index in [1.54, 1.807) is 4.90 Å². The van der Waals surface area contributed by atoms with Gasteiger partial charge in [-0.3, -0.25) is 24.6 Å². The lowest BCUT2D eigenvalue weighted by atomic mass is 9.88. The van der Waals surface area contributed by atoms with Crippen molar-refractivity contribution in [3.05, 3.63) is 125 Å². The van der Waals surface area contributed by atoms with E-state index in [1.807, 2.05) is 18.2 Å². The predicted octanol–water partition coefficient (Wildman–Crippen LogP) is 6.15. The average Bonchev–Trinajstić information content (AvgIpc) is 3.58. The normalized spacial score (nSPS) is 19.6. The summed E-state index contributed by atoms with van der Waals surface area (Å²) in [7, 11) is 0.711. The second kappa shape index (κ2) is 17.4. The molecule has 1 atom stereocenters. The number of carbonyl (C=O) groups excluding carboxylic acids is 3. The molecule has 0 aromatic heterocycles. The van der Waals surface area contributed by atoms with Crippen LogP contribution in [0.5, 0.6) is 5.75 Å². The van der Waals surface area contributed by atoms with Crippen molar-refractivity contribution in [2.45, 2.75) is 58.0 Å². The molecule has 4 aromatic carbocycles. The number of amides is 3. The minimum Gasteiger partial charge on any atom is -0.537 e. The van der Waals surface area contributed by atoms with Crippen molar-refractivity contribution < 1.29 is 24.1 Å². The van der Waals surface area contributed by atoms with Gasteiger partial charge in [0.2, 0.25) is 11.8 Å². The fourth-order valence-electron chi connectivity index (χ4n) is 9.11. The Labute approximate surface area is 336 Å². The minimum atomic E-state index is -0.586. The summed E-state index contributed by atoms with van der Waals surface area (Å²) >= 11 is 0. The minimum absolute atomic E-state index is 0.121. The van der Waals surface area contributed by atoms with Crippen LogP contribution in [0.2, 0.25) is 0 Å². The number of allylic oxidation sites excluding steroid dienone is 1. The predicted molar refractivity (Wildman–Crippen MR) is 225 cm³/mol. The molecule has 57 heavy (non-hydrogen) atoms. The van der Waals surface area contributed by atoms with Crippen LogP contribution in [0.4, 0.5) is 11.4 Å². The summed E-state index contributed by atoms with van der Waals surface area (Å²) in [5.41, 5.74) is 10.0. The van der Waals surface area contributed by atoms with Gasteiger partial charge in [0.05, 0.1) is 0 Å². The number of nitrogens with one attached hydrogen (secondary N) is 1. The molecule has 4 aromatic rings. The van der Waals surface area contributed by atoms with E-state index in [4.69, 9.17) is 9.68 Å². The van der Waals surface area contributed by atoms with E-state index in [-0.39, 0.29) is 24.1 Å². The van der Waals surface area contributed by atoms with E-state index < -0.39 is 6.04 Å². The molecule has 3 saturated heterocycles. The molecule has 0 aliphatic carbocycles. The number of rotatable bonds is 12. The van der Waals surface area contributed by atoms with Crippen LogP contribution in [0.1, 0.15) is 78.1 Å². The van der Waals surface area contributed by atoms with Crippen LogP contribution in [0.15, 0.2) is 97.1 Å². The fraction of sp³-hybridized carbons (Fsp3) is 0.370. The molecule has 0 saturated carbocycles. The number of nitrogens with zero attached hydrogens (tertiary/aromatic N) is 4. The first-order valence-electron chi connectivity index (χ1n) is 20.5. The van der Waals surface area contributed by atoms with Gasteiger partial charge < -0.3 is 24.4 Å². The van der Waals surface area contributed by atoms with Gasteiger partial charge in [-0.05, 0) is 120 Å². The number of hydrogen-bond donors (Lipinski definition) is 2. The highest BCUT2D eigenvalue weighted by Gasteiger charge is 2.39. The highest BCUT2D eigenvalue weighted by molar-refractivity contribution is 6.17. The highest BCUT2D eigenvalue weighted by Crippen LogP contribution is 2.37. The van der Waals surface area contributed by atoms with Crippen LogP contribution in [0.25, 0.3) is 11.1 Å². The molecule has 4 aliphatic heterocycles. The third-order valence-electron chi connectivity index (χ3n) is 12.3. The molecule has 3 fully saturated rings. The van der Waals surface area contributed by atoms with E-state index in [1.165, 1.54) is 34.4 Å². The second-order valence-electron chi connectivity index (χ2n) is 15.7. The van der Waals surface area contributed by atoms with Gasteiger partial charge in [0.1, 0.15) is 11.8 Å². The molecule has 4 aliphatic rings. The molecule has 2 N–H and O–H groups in total. The number of imide groups is 1. The van der Waals surface area contributed by atoms with E-state index in [2.05, 4.69) is 106 Å². The van der Waals surface area contributed by atoms with Gasteiger partial charge in [0, 0.05) is 69.2 Å². The maximum Gasteiger partial charge on any atom is 0.569 e. The lowest BCUT2D eigenvalue weighted by molar-refractivity contribution is -0.136. The van der Waals surface area contributed by atoms with Gasteiger partial charge >= 0.3 is 7.69 Å². The summed E-state index contributed by atoms with van der Waals surface area (Å²) in [5, 5.41) is 11.5. The highest BCUT2D eigenvalue weighted by atomic mass is 16.5. The zero-order valence-electron chi connectivity index (χ0n) is 32.7. The molecule has 0 spiro atoms. The lowest BCUT2D eigenvalue weighted by Gasteiger charge is -2.38. The number of hydrogen-bond acceptors (Lipinski definition) is 8. The molecule has 10 nitrogen and oxygen atoms in total. The zero-order valence-corrected chi connectivity index (χ0v) is 32.7. The Balaban J connectivity index is 0.829. The summed E-state index contributed by atoms with van der Waals surface area (Å²) in [6.07, 6.45) is 5.05. The number of benzene rings is 4. The van der Waals surface area contributed by atoms with Crippen molar-refractivity contribution in [1.82, 2.24) is 15.1 Å². The second-order valence-corrected chi connectivity index (χ2v) is 15.7. The quantitative estimate of drug-likeness (QED) is 0.101.